The van der Waals surface area contributed by atoms with Crippen molar-refractivity contribution in [2.45, 2.75) is 38.6 Å². The molecule has 0 spiro atoms. The molecule has 3 heteroatoms. The zero-order valence-corrected chi connectivity index (χ0v) is 10.9. The Hall–Kier alpha value is -1.35. The predicted octanol–water partition coefficient (Wildman–Crippen LogP) is 2.80. The third-order valence-electron chi connectivity index (χ3n) is 3.28. The summed E-state index contributed by atoms with van der Waals surface area (Å²) in [5.41, 5.74) is 0.775. The molecule has 1 aliphatic heterocycles. The van der Waals surface area contributed by atoms with Crippen LogP contribution in [0.4, 0.5) is 0 Å². The van der Waals surface area contributed by atoms with E-state index >= 15 is 0 Å². The lowest BCUT2D eigenvalue weighted by Gasteiger charge is -2.10. The van der Waals surface area contributed by atoms with Gasteiger partial charge in [-0.2, -0.15) is 0 Å². The summed E-state index contributed by atoms with van der Waals surface area (Å²) in [5, 5.41) is 3.23. The molecule has 0 radical (unpaired) electrons. The summed E-state index contributed by atoms with van der Waals surface area (Å²) in [4.78, 5) is 12.1. The number of benzene rings is 1. The molecule has 98 valence electrons. The minimum atomic E-state index is 0.0110. The molecule has 1 unspecified atom stereocenters. The van der Waals surface area contributed by atoms with Crippen LogP contribution in [-0.2, 0) is 0 Å². The highest BCUT2D eigenvalue weighted by molar-refractivity contribution is 6.00. The van der Waals surface area contributed by atoms with E-state index in [4.69, 9.17) is 4.74 Å². The molecule has 0 amide bonds. The molecule has 3 nitrogen and oxygen atoms in total. The van der Waals surface area contributed by atoms with Crippen LogP contribution in [0, 0.1) is 0 Å². The molecule has 2 rings (SSSR count). The van der Waals surface area contributed by atoms with Crippen molar-refractivity contribution in [2.24, 2.45) is 0 Å². The van der Waals surface area contributed by atoms with Gasteiger partial charge in [0.25, 0.3) is 0 Å². The van der Waals surface area contributed by atoms with Gasteiger partial charge in [0, 0.05) is 5.56 Å². The normalized spacial score (nSPS) is 18.8. The Kier molecular flexibility index (Phi) is 4.76. The number of ether oxygens (including phenoxy) is 1. The standard InChI is InChI=1S/C15H21NO2/c1-2-3-11-18-13-8-6-12(7-9-13)15(17)14-5-4-10-16-14/h6-9,14,16H,2-5,10-11H2,1H3. The molecule has 0 aromatic heterocycles. The summed E-state index contributed by atoms with van der Waals surface area (Å²) < 4.78 is 5.58. The Balaban J connectivity index is 1.92. The van der Waals surface area contributed by atoms with E-state index in [1.165, 1.54) is 0 Å². The number of carbonyl (C=O) groups excluding carboxylic acids is 1. The minimum absolute atomic E-state index is 0.0110. The number of nitrogens with one attached hydrogen (secondary N) is 1. The van der Waals surface area contributed by atoms with Gasteiger partial charge >= 0.3 is 0 Å². The number of Topliss-reactive ketones (excluding diaryl/α,β-unsaturated/α-hetero) is 1. The maximum Gasteiger partial charge on any atom is 0.179 e. The van der Waals surface area contributed by atoms with Gasteiger partial charge in [-0.1, -0.05) is 13.3 Å². The van der Waals surface area contributed by atoms with Gasteiger partial charge in [0.2, 0.25) is 0 Å². The smallest absolute Gasteiger partial charge is 0.179 e. The SMILES string of the molecule is CCCCOc1ccc(C(=O)C2CCCN2)cc1. The molecule has 0 saturated carbocycles. The van der Waals surface area contributed by atoms with E-state index in [0.717, 1.165) is 50.1 Å². The molecule has 1 aromatic rings. The van der Waals surface area contributed by atoms with Crippen LogP contribution in [0.25, 0.3) is 0 Å². The van der Waals surface area contributed by atoms with Gasteiger partial charge < -0.3 is 10.1 Å². The van der Waals surface area contributed by atoms with Crippen LogP contribution >= 0.6 is 0 Å². The molecule has 1 fully saturated rings. The molecule has 0 aliphatic carbocycles. The first-order valence-electron chi connectivity index (χ1n) is 6.81. The Labute approximate surface area is 109 Å². The average Bonchev–Trinajstić information content (AvgIpc) is 2.93. The highest BCUT2D eigenvalue weighted by Crippen LogP contribution is 2.16. The van der Waals surface area contributed by atoms with Crippen molar-refractivity contribution in [2.75, 3.05) is 13.2 Å². The van der Waals surface area contributed by atoms with Gasteiger partial charge in [0.1, 0.15) is 5.75 Å². The fourth-order valence-electron chi connectivity index (χ4n) is 2.16. The summed E-state index contributed by atoms with van der Waals surface area (Å²) in [6, 6.07) is 7.51. The van der Waals surface area contributed by atoms with Crippen LogP contribution in [0.3, 0.4) is 0 Å². The van der Waals surface area contributed by atoms with Gasteiger partial charge in [-0.3, -0.25) is 4.79 Å². The molecule has 1 aliphatic rings. The predicted molar refractivity (Wildman–Crippen MR) is 72.2 cm³/mol. The highest BCUT2D eigenvalue weighted by atomic mass is 16.5. The second-order valence-corrected chi connectivity index (χ2v) is 4.74. The number of rotatable bonds is 6. The van der Waals surface area contributed by atoms with Gasteiger partial charge in [0.15, 0.2) is 5.78 Å². The second kappa shape index (κ2) is 6.55. The lowest BCUT2D eigenvalue weighted by molar-refractivity contribution is 0.0952. The van der Waals surface area contributed by atoms with Gasteiger partial charge in [-0.15, -0.1) is 0 Å². The van der Waals surface area contributed by atoms with Crippen LogP contribution in [0.5, 0.6) is 5.75 Å². The highest BCUT2D eigenvalue weighted by Gasteiger charge is 2.22. The monoisotopic (exact) mass is 247 g/mol. The third-order valence-corrected chi connectivity index (χ3v) is 3.28. The molecule has 0 bridgehead atoms. The fraction of sp³-hybridized carbons (Fsp3) is 0.533. The van der Waals surface area contributed by atoms with Gasteiger partial charge in [-0.25, -0.2) is 0 Å². The van der Waals surface area contributed by atoms with E-state index in [1.54, 1.807) is 0 Å². The first-order valence-corrected chi connectivity index (χ1v) is 6.81. The maximum absolute atomic E-state index is 12.1. The van der Waals surface area contributed by atoms with E-state index in [0.29, 0.717) is 0 Å². The second-order valence-electron chi connectivity index (χ2n) is 4.74. The van der Waals surface area contributed by atoms with E-state index < -0.39 is 0 Å². The van der Waals surface area contributed by atoms with Crippen molar-refractivity contribution < 1.29 is 9.53 Å². The van der Waals surface area contributed by atoms with Crippen molar-refractivity contribution >= 4 is 5.78 Å². The Morgan fingerprint density at radius 1 is 1.39 bits per heavy atom. The van der Waals surface area contributed by atoms with Crippen molar-refractivity contribution in [1.29, 1.82) is 0 Å². The number of ketones is 1. The van der Waals surface area contributed by atoms with Crippen molar-refractivity contribution in [3.05, 3.63) is 29.8 Å². The molecule has 1 N–H and O–H groups in total. The Morgan fingerprint density at radius 3 is 2.78 bits per heavy atom. The number of hydrogen-bond donors (Lipinski definition) is 1. The van der Waals surface area contributed by atoms with Crippen LogP contribution in [0.2, 0.25) is 0 Å². The van der Waals surface area contributed by atoms with Crippen LogP contribution in [0.1, 0.15) is 43.0 Å². The first-order chi connectivity index (χ1) is 8.81. The number of unbranched alkanes of at least 4 members (excludes halogenated alkanes) is 1. The van der Waals surface area contributed by atoms with E-state index in [9.17, 15) is 4.79 Å². The lowest BCUT2D eigenvalue weighted by atomic mass is 10.0. The first kappa shape index (κ1) is 13.1. The third kappa shape index (κ3) is 3.33. The van der Waals surface area contributed by atoms with Crippen LogP contribution in [0.15, 0.2) is 24.3 Å². The fourth-order valence-corrected chi connectivity index (χ4v) is 2.16. The van der Waals surface area contributed by atoms with E-state index in [1.807, 2.05) is 24.3 Å². The summed E-state index contributed by atoms with van der Waals surface area (Å²) in [7, 11) is 0. The molecule has 1 atom stereocenters. The zero-order valence-electron chi connectivity index (χ0n) is 10.9. The molecular formula is C15H21NO2. The quantitative estimate of drug-likeness (QED) is 0.620. The van der Waals surface area contributed by atoms with Crippen LogP contribution in [-0.4, -0.2) is 25.0 Å². The summed E-state index contributed by atoms with van der Waals surface area (Å²) in [5.74, 6) is 1.05. The maximum atomic E-state index is 12.1. The molecular weight excluding hydrogens is 226 g/mol. The molecule has 1 aromatic carbocycles. The molecule has 1 saturated heterocycles. The van der Waals surface area contributed by atoms with Crippen LogP contribution < -0.4 is 10.1 Å². The molecule has 18 heavy (non-hydrogen) atoms. The summed E-state index contributed by atoms with van der Waals surface area (Å²) in [6.45, 7) is 3.84. The minimum Gasteiger partial charge on any atom is -0.494 e. The van der Waals surface area contributed by atoms with E-state index in [-0.39, 0.29) is 11.8 Å². The van der Waals surface area contributed by atoms with Gasteiger partial charge in [-0.05, 0) is 50.1 Å². The van der Waals surface area contributed by atoms with Gasteiger partial charge in [0.05, 0.1) is 12.6 Å². The lowest BCUT2D eigenvalue weighted by Crippen LogP contribution is -2.30. The topological polar surface area (TPSA) is 38.3 Å². The van der Waals surface area contributed by atoms with Crippen molar-refractivity contribution in [1.82, 2.24) is 5.32 Å². The number of carbonyl (C=O) groups is 1. The Morgan fingerprint density at radius 2 is 2.17 bits per heavy atom. The van der Waals surface area contributed by atoms with Crippen molar-refractivity contribution in [3.8, 4) is 5.75 Å². The summed E-state index contributed by atoms with van der Waals surface area (Å²) >= 11 is 0. The largest absolute Gasteiger partial charge is 0.494 e. The Bertz CT molecular complexity index is 380. The summed E-state index contributed by atoms with van der Waals surface area (Å²) in [6.07, 6.45) is 4.23. The molecule has 1 heterocycles. The zero-order chi connectivity index (χ0) is 12.8. The van der Waals surface area contributed by atoms with E-state index in [2.05, 4.69) is 12.2 Å². The number of hydrogen-bond acceptors (Lipinski definition) is 3. The average molecular weight is 247 g/mol. The van der Waals surface area contributed by atoms with Crippen molar-refractivity contribution in [3.63, 3.8) is 0 Å².